The van der Waals surface area contributed by atoms with Gasteiger partial charge in [-0.3, -0.25) is 9.89 Å². The summed E-state index contributed by atoms with van der Waals surface area (Å²) in [6.45, 7) is 15.6. The predicted octanol–water partition coefficient (Wildman–Crippen LogP) is 1.92. The lowest BCUT2D eigenvalue weighted by molar-refractivity contribution is 0.00750. The van der Waals surface area contributed by atoms with Gasteiger partial charge in [0.2, 0.25) is 0 Å². The Bertz CT molecular complexity index is 309. The molecule has 0 spiro atoms. The third-order valence-electron chi connectivity index (χ3n) is 3.48. The first-order chi connectivity index (χ1) is 9.33. The fourth-order valence-electron chi connectivity index (χ4n) is 2.43. The van der Waals surface area contributed by atoms with Gasteiger partial charge in [-0.25, -0.2) is 0 Å². The normalized spacial score (nSPS) is 19.1. The minimum Gasteiger partial charge on any atom is -0.379 e. The van der Waals surface area contributed by atoms with Crippen molar-refractivity contribution in [3.8, 4) is 0 Å². The fraction of sp³-hybridized carbons (Fsp3) is 0.933. The highest BCUT2D eigenvalue weighted by Gasteiger charge is 2.24. The zero-order chi connectivity index (χ0) is 15.2. The van der Waals surface area contributed by atoms with Gasteiger partial charge in [-0.2, -0.15) is 0 Å². The van der Waals surface area contributed by atoms with Crippen molar-refractivity contribution in [3.05, 3.63) is 0 Å². The van der Waals surface area contributed by atoms with Crippen LogP contribution in [0.3, 0.4) is 0 Å². The minimum absolute atomic E-state index is 0. The second-order valence-corrected chi connectivity index (χ2v) is 6.79. The molecule has 1 heterocycles. The number of nitrogens with one attached hydrogen (secondary N) is 2. The summed E-state index contributed by atoms with van der Waals surface area (Å²) in [4.78, 5) is 6.82. The molecule has 0 radical (unpaired) electrons. The molecule has 0 aliphatic carbocycles. The number of hydrogen-bond donors (Lipinski definition) is 2. The number of rotatable bonds is 4. The molecule has 0 aromatic rings. The van der Waals surface area contributed by atoms with Crippen molar-refractivity contribution < 1.29 is 4.74 Å². The monoisotopic (exact) mass is 412 g/mol. The minimum atomic E-state index is 0. The van der Waals surface area contributed by atoms with Crippen LogP contribution in [0.1, 0.15) is 34.6 Å². The molecule has 6 heteroatoms. The van der Waals surface area contributed by atoms with Gasteiger partial charge < -0.3 is 15.4 Å². The topological polar surface area (TPSA) is 48.9 Å². The first-order valence-electron chi connectivity index (χ1n) is 7.64. The van der Waals surface area contributed by atoms with E-state index in [1.165, 1.54) is 0 Å². The van der Waals surface area contributed by atoms with E-state index >= 15 is 0 Å². The maximum absolute atomic E-state index is 5.44. The van der Waals surface area contributed by atoms with Crippen molar-refractivity contribution in [2.75, 3.05) is 39.9 Å². The lowest BCUT2D eigenvalue weighted by Crippen LogP contribution is -2.54. The van der Waals surface area contributed by atoms with Crippen LogP contribution in [-0.4, -0.2) is 62.3 Å². The van der Waals surface area contributed by atoms with E-state index in [0.717, 1.165) is 38.8 Å². The molecule has 1 aliphatic heterocycles. The third kappa shape index (κ3) is 8.21. The molecule has 1 rings (SSSR count). The summed E-state index contributed by atoms with van der Waals surface area (Å²) < 4.78 is 5.44. The molecular formula is C15H33IN4O. The molecule has 0 amide bonds. The van der Waals surface area contributed by atoms with E-state index in [2.05, 4.69) is 55.1 Å². The average molecular weight is 412 g/mol. The van der Waals surface area contributed by atoms with Crippen LogP contribution in [0.5, 0.6) is 0 Å². The Morgan fingerprint density at radius 1 is 1.24 bits per heavy atom. The van der Waals surface area contributed by atoms with Crippen LogP contribution < -0.4 is 10.6 Å². The number of hydrogen-bond acceptors (Lipinski definition) is 3. The molecule has 126 valence electrons. The van der Waals surface area contributed by atoms with Gasteiger partial charge in [0.15, 0.2) is 5.96 Å². The lowest BCUT2D eigenvalue weighted by Gasteiger charge is -2.37. The smallest absolute Gasteiger partial charge is 0.191 e. The molecule has 1 saturated heterocycles. The molecule has 0 aromatic heterocycles. The van der Waals surface area contributed by atoms with Gasteiger partial charge >= 0.3 is 0 Å². The van der Waals surface area contributed by atoms with Crippen LogP contribution in [0.25, 0.3) is 0 Å². The summed E-state index contributed by atoms with van der Waals surface area (Å²) in [6, 6.07) is 0.511. The average Bonchev–Trinajstić information content (AvgIpc) is 2.37. The SMILES string of the molecule is CN=C(NCC(C(C)C)N1CCOCC1)NC(C)(C)C.I. The summed E-state index contributed by atoms with van der Waals surface area (Å²) in [5.74, 6) is 1.48. The van der Waals surface area contributed by atoms with Crippen LogP contribution in [0.2, 0.25) is 0 Å². The highest BCUT2D eigenvalue weighted by molar-refractivity contribution is 14.0. The summed E-state index contributed by atoms with van der Waals surface area (Å²) in [7, 11) is 1.82. The van der Waals surface area contributed by atoms with Gasteiger partial charge in [-0.15, -0.1) is 24.0 Å². The highest BCUT2D eigenvalue weighted by atomic mass is 127. The first kappa shape index (κ1) is 20.9. The van der Waals surface area contributed by atoms with Crippen LogP contribution in [-0.2, 0) is 4.74 Å². The van der Waals surface area contributed by atoms with Gasteiger partial charge in [-0.05, 0) is 26.7 Å². The van der Waals surface area contributed by atoms with E-state index in [4.69, 9.17) is 4.74 Å². The third-order valence-corrected chi connectivity index (χ3v) is 3.48. The van der Waals surface area contributed by atoms with Crippen molar-refractivity contribution in [2.45, 2.75) is 46.2 Å². The summed E-state index contributed by atoms with van der Waals surface area (Å²) in [6.07, 6.45) is 0. The zero-order valence-electron chi connectivity index (χ0n) is 14.4. The summed E-state index contributed by atoms with van der Waals surface area (Å²) >= 11 is 0. The van der Waals surface area contributed by atoms with Crippen LogP contribution in [0.15, 0.2) is 4.99 Å². The van der Waals surface area contributed by atoms with E-state index in [1.54, 1.807) is 0 Å². The molecule has 1 atom stereocenters. The van der Waals surface area contributed by atoms with E-state index < -0.39 is 0 Å². The Hall–Kier alpha value is -0.0800. The molecule has 1 fully saturated rings. The van der Waals surface area contributed by atoms with Gasteiger partial charge in [0.05, 0.1) is 13.2 Å². The second-order valence-electron chi connectivity index (χ2n) is 6.79. The number of guanidine groups is 1. The quantitative estimate of drug-likeness (QED) is 0.421. The number of aliphatic imine (C=N–C) groups is 1. The summed E-state index contributed by atoms with van der Waals surface area (Å²) in [5.41, 5.74) is 0.0220. The van der Waals surface area contributed by atoms with Crippen LogP contribution in [0, 0.1) is 5.92 Å². The first-order valence-corrected chi connectivity index (χ1v) is 7.64. The van der Waals surface area contributed by atoms with E-state index in [0.29, 0.717) is 12.0 Å². The van der Waals surface area contributed by atoms with Gasteiger partial charge in [0, 0.05) is 38.3 Å². The number of nitrogens with zero attached hydrogens (tertiary/aromatic N) is 2. The van der Waals surface area contributed by atoms with E-state index in [-0.39, 0.29) is 29.5 Å². The number of ether oxygens (including phenoxy) is 1. The molecule has 21 heavy (non-hydrogen) atoms. The van der Waals surface area contributed by atoms with Crippen molar-refractivity contribution >= 4 is 29.9 Å². The fourth-order valence-corrected chi connectivity index (χ4v) is 2.43. The Morgan fingerprint density at radius 3 is 2.24 bits per heavy atom. The lowest BCUT2D eigenvalue weighted by atomic mass is 10.0. The van der Waals surface area contributed by atoms with E-state index in [9.17, 15) is 0 Å². The molecule has 1 unspecified atom stereocenters. The van der Waals surface area contributed by atoms with Crippen molar-refractivity contribution in [1.29, 1.82) is 0 Å². The van der Waals surface area contributed by atoms with Crippen molar-refractivity contribution in [3.63, 3.8) is 0 Å². The van der Waals surface area contributed by atoms with Gasteiger partial charge in [0.1, 0.15) is 0 Å². The van der Waals surface area contributed by atoms with Crippen molar-refractivity contribution in [2.24, 2.45) is 10.9 Å². The largest absolute Gasteiger partial charge is 0.379 e. The Balaban J connectivity index is 0.00000400. The highest BCUT2D eigenvalue weighted by Crippen LogP contribution is 2.12. The summed E-state index contributed by atoms with van der Waals surface area (Å²) in [5, 5.41) is 6.86. The van der Waals surface area contributed by atoms with Crippen LogP contribution in [0.4, 0.5) is 0 Å². The molecule has 0 aromatic carbocycles. The van der Waals surface area contributed by atoms with Gasteiger partial charge in [0.25, 0.3) is 0 Å². The van der Waals surface area contributed by atoms with Crippen LogP contribution >= 0.6 is 24.0 Å². The molecule has 2 N–H and O–H groups in total. The number of halogens is 1. The maximum Gasteiger partial charge on any atom is 0.191 e. The number of morpholine rings is 1. The van der Waals surface area contributed by atoms with Crippen molar-refractivity contribution in [1.82, 2.24) is 15.5 Å². The Kier molecular flexibility index (Phi) is 9.80. The van der Waals surface area contributed by atoms with Gasteiger partial charge in [-0.1, -0.05) is 13.8 Å². The Morgan fingerprint density at radius 2 is 1.81 bits per heavy atom. The molecule has 5 nitrogen and oxygen atoms in total. The predicted molar refractivity (Wildman–Crippen MR) is 101 cm³/mol. The standard InChI is InChI=1S/C15H32N4O.HI/c1-12(2)13(19-7-9-20-10-8-19)11-17-14(16-6)18-15(3,4)5;/h12-13H,7-11H2,1-6H3,(H2,16,17,18);1H. The zero-order valence-corrected chi connectivity index (χ0v) is 16.7. The molecule has 1 aliphatic rings. The Labute approximate surface area is 147 Å². The maximum atomic E-state index is 5.44. The van der Waals surface area contributed by atoms with E-state index in [1.807, 2.05) is 7.05 Å². The second kappa shape index (κ2) is 9.84. The molecular weight excluding hydrogens is 379 g/mol. The molecule has 0 saturated carbocycles. The molecule has 0 bridgehead atoms.